The summed E-state index contributed by atoms with van der Waals surface area (Å²) in [6.45, 7) is 0. The number of aromatic hydroxyl groups is 1. The van der Waals surface area contributed by atoms with Gasteiger partial charge >= 0.3 is 0 Å². The third-order valence-electron chi connectivity index (χ3n) is 1.61. The van der Waals surface area contributed by atoms with Crippen LogP contribution in [0.25, 0.3) is 10.9 Å². The molecule has 56 valence electrons. The summed E-state index contributed by atoms with van der Waals surface area (Å²) >= 11 is 3.29. The van der Waals surface area contributed by atoms with Gasteiger partial charge in [0.1, 0.15) is 5.75 Å². The molecule has 0 aliphatic carbocycles. The second-order valence-corrected chi connectivity index (χ2v) is 3.21. The number of halogens is 1. The number of hydrogen-bond acceptors (Lipinski definition) is 1. The van der Waals surface area contributed by atoms with E-state index in [0.29, 0.717) is 5.75 Å². The number of nitrogens with one attached hydrogen (secondary N) is 1. The molecule has 1 heterocycles. The molecule has 2 aromatic rings. The maximum absolute atomic E-state index is 9.34. The molecule has 1 aromatic carbocycles. The van der Waals surface area contributed by atoms with E-state index in [1.165, 1.54) is 0 Å². The number of phenolic OH excluding ortho intramolecular Hbond substituents is 1. The molecule has 0 aliphatic rings. The number of aromatic amines is 1. The van der Waals surface area contributed by atoms with Gasteiger partial charge < -0.3 is 10.1 Å². The molecule has 0 radical (unpaired) electrons. The van der Waals surface area contributed by atoms with Gasteiger partial charge in [-0.1, -0.05) is 6.07 Å². The van der Waals surface area contributed by atoms with E-state index in [1.54, 1.807) is 12.1 Å². The van der Waals surface area contributed by atoms with Crippen molar-refractivity contribution < 1.29 is 5.11 Å². The standard InChI is InChI=1S/C8H6BrNO/c9-8-4-5-6(10-8)2-1-3-7(5)11/h1-4,10-11H. The van der Waals surface area contributed by atoms with Crippen LogP contribution in [0.5, 0.6) is 5.75 Å². The molecule has 1 aromatic heterocycles. The van der Waals surface area contributed by atoms with E-state index in [2.05, 4.69) is 20.9 Å². The van der Waals surface area contributed by atoms with Crippen molar-refractivity contribution in [3.05, 3.63) is 28.9 Å². The lowest BCUT2D eigenvalue weighted by atomic mass is 10.2. The molecule has 0 amide bonds. The zero-order valence-corrected chi connectivity index (χ0v) is 7.22. The van der Waals surface area contributed by atoms with Crippen LogP contribution in [-0.2, 0) is 0 Å². The second-order valence-electron chi connectivity index (χ2n) is 2.36. The largest absolute Gasteiger partial charge is 0.507 e. The summed E-state index contributed by atoms with van der Waals surface area (Å²) in [5, 5.41) is 10.2. The first-order chi connectivity index (χ1) is 5.27. The van der Waals surface area contributed by atoms with Gasteiger partial charge in [-0.05, 0) is 34.1 Å². The lowest BCUT2D eigenvalue weighted by Crippen LogP contribution is -1.66. The Morgan fingerprint density at radius 2 is 2.18 bits per heavy atom. The first kappa shape index (κ1) is 6.73. The molecule has 2 rings (SSSR count). The summed E-state index contributed by atoms with van der Waals surface area (Å²) in [5.74, 6) is 0.310. The van der Waals surface area contributed by atoms with Crippen molar-refractivity contribution in [2.75, 3.05) is 0 Å². The third-order valence-corrected chi connectivity index (χ3v) is 2.04. The molecule has 0 unspecified atom stereocenters. The fraction of sp³-hybridized carbons (Fsp3) is 0. The van der Waals surface area contributed by atoms with Crippen LogP contribution in [-0.4, -0.2) is 10.1 Å². The second kappa shape index (κ2) is 2.27. The summed E-state index contributed by atoms with van der Waals surface area (Å²) in [7, 11) is 0. The number of fused-ring (bicyclic) bond motifs is 1. The first-order valence-corrected chi connectivity index (χ1v) is 4.03. The number of benzene rings is 1. The van der Waals surface area contributed by atoms with Crippen molar-refractivity contribution in [2.24, 2.45) is 0 Å². The molecule has 3 heteroatoms. The summed E-state index contributed by atoms with van der Waals surface area (Å²) in [6.07, 6.45) is 0. The van der Waals surface area contributed by atoms with E-state index >= 15 is 0 Å². The van der Waals surface area contributed by atoms with Gasteiger partial charge in [0.05, 0.1) is 4.60 Å². The van der Waals surface area contributed by atoms with Crippen LogP contribution in [0.2, 0.25) is 0 Å². The highest BCUT2D eigenvalue weighted by Crippen LogP contribution is 2.26. The van der Waals surface area contributed by atoms with Crippen molar-refractivity contribution >= 4 is 26.8 Å². The Bertz CT molecular complexity index is 394. The SMILES string of the molecule is Oc1cccc2[nH]c(Br)cc12. The molecule has 0 aliphatic heterocycles. The lowest BCUT2D eigenvalue weighted by Gasteiger charge is -1.91. The van der Waals surface area contributed by atoms with E-state index < -0.39 is 0 Å². The molecule has 11 heavy (non-hydrogen) atoms. The van der Waals surface area contributed by atoms with Gasteiger partial charge in [-0.15, -0.1) is 0 Å². The number of H-pyrrole nitrogens is 1. The van der Waals surface area contributed by atoms with Crippen molar-refractivity contribution in [1.29, 1.82) is 0 Å². The molecule has 0 fully saturated rings. The van der Waals surface area contributed by atoms with Crippen molar-refractivity contribution in [3.63, 3.8) is 0 Å². The minimum atomic E-state index is 0.310. The normalized spacial score (nSPS) is 10.6. The number of phenols is 1. The minimum absolute atomic E-state index is 0.310. The highest BCUT2D eigenvalue weighted by Gasteiger charge is 2.00. The van der Waals surface area contributed by atoms with Gasteiger partial charge in [-0.2, -0.15) is 0 Å². The van der Waals surface area contributed by atoms with Crippen LogP contribution >= 0.6 is 15.9 Å². The molecule has 2 nitrogen and oxygen atoms in total. The molecular weight excluding hydrogens is 206 g/mol. The maximum Gasteiger partial charge on any atom is 0.124 e. The highest BCUT2D eigenvalue weighted by atomic mass is 79.9. The predicted molar refractivity (Wildman–Crippen MR) is 47.7 cm³/mol. The van der Waals surface area contributed by atoms with E-state index in [-0.39, 0.29) is 0 Å². The predicted octanol–water partition coefficient (Wildman–Crippen LogP) is 2.64. The van der Waals surface area contributed by atoms with E-state index in [9.17, 15) is 5.11 Å². The highest BCUT2D eigenvalue weighted by molar-refractivity contribution is 9.10. The summed E-state index contributed by atoms with van der Waals surface area (Å²) in [6, 6.07) is 7.24. The van der Waals surface area contributed by atoms with Gasteiger partial charge in [0, 0.05) is 10.9 Å². The Balaban J connectivity index is 2.90. The monoisotopic (exact) mass is 211 g/mol. The molecule has 0 atom stereocenters. The number of aromatic nitrogens is 1. The molecule has 0 spiro atoms. The van der Waals surface area contributed by atoms with E-state index in [1.807, 2.05) is 12.1 Å². The van der Waals surface area contributed by atoms with Crippen LogP contribution < -0.4 is 0 Å². The Labute approximate surface area is 72.0 Å². The molecule has 0 saturated heterocycles. The quantitative estimate of drug-likeness (QED) is 0.691. The van der Waals surface area contributed by atoms with Crippen molar-refractivity contribution in [3.8, 4) is 5.75 Å². The third kappa shape index (κ3) is 1.01. The Morgan fingerprint density at radius 1 is 1.36 bits per heavy atom. The molecule has 0 saturated carbocycles. The smallest absolute Gasteiger partial charge is 0.124 e. The van der Waals surface area contributed by atoms with Gasteiger partial charge in [-0.25, -0.2) is 0 Å². The van der Waals surface area contributed by atoms with Gasteiger partial charge in [-0.3, -0.25) is 0 Å². The summed E-state index contributed by atoms with van der Waals surface area (Å²) in [5.41, 5.74) is 0.942. The maximum atomic E-state index is 9.34. The van der Waals surface area contributed by atoms with E-state index in [4.69, 9.17) is 0 Å². The minimum Gasteiger partial charge on any atom is -0.507 e. The zero-order chi connectivity index (χ0) is 7.84. The van der Waals surface area contributed by atoms with Gasteiger partial charge in [0.15, 0.2) is 0 Å². The Morgan fingerprint density at radius 3 is 2.91 bits per heavy atom. The van der Waals surface area contributed by atoms with Crippen LogP contribution in [0.15, 0.2) is 28.9 Å². The Hall–Kier alpha value is -0.960. The summed E-state index contributed by atoms with van der Waals surface area (Å²) < 4.78 is 0.883. The molecule has 2 N–H and O–H groups in total. The van der Waals surface area contributed by atoms with Crippen LogP contribution in [0.1, 0.15) is 0 Å². The molecular formula is C8H6BrNO. The fourth-order valence-corrected chi connectivity index (χ4v) is 1.55. The lowest BCUT2D eigenvalue weighted by molar-refractivity contribution is 0.481. The number of rotatable bonds is 0. The summed E-state index contributed by atoms with van der Waals surface area (Å²) in [4.78, 5) is 3.06. The average Bonchev–Trinajstić information content (AvgIpc) is 2.31. The van der Waals surface area contributed by atoms with E-state index in [0.717, 1.165) is 15.5 Å². The Kier molecular flexibility index (Phi) is 1.39. The van der Waals surface area contributed by atoms with Crippen molar-refractivity contribution in [2.45, 2.75) is 0 Å². The van der Waals surface area contributed by atoms with Crippen LogP contribution in [0.4, 0.5) is 0 Å². The first-order valence-electron chi connectivity index (χ1n) is 3.23. The van der Waals surface area contributed by atoms with Gasteiger partial charge in [0.25, 0.3) is 0 Å². The topological polar surface area (TPSA) is 36.0 Å². The average molecular weight is 212 g/mol. The van der Waals surface area contributed by atoms with Gasteiger partial charge in [0.2, 0.25) is 0 Å². The van der Waals surface area contributed by atoms with Crippen LogP contribution in [0, 0.1) is 0 Å². The zero-order valence-electron chi connectivity index (χ0n) is 5.63. The van der Waals surface area contributed by atoms with Crippen LogP contribution in [0.3, 0.4) is 0 Å². The number of hydrogen-bond donors (Lipinski definition) is 2. The van der Waals surface area contributed by atoms with Crippen molar-refractivity contribution in [1.82, 2.24) is 4.98 Å². The molecule has 0 bridgehead atoms. The fourth-order valence-electron chi connectivity index (χ4n) is 1.11.